The largest absolute Gasteiger partial charge is 0.394 e. The third kappa shape index (κ3) is 12.3. The van der Waals surface area contributed by atoms with E-state index in [9.17, 15) is 102 Å². The summed E-state index contributed by atoms with van der Waals surface area (Å²) in [5, 5.41) is 218. The first-order chi connectivity index (χ1) is 34.7. The molecule has 0 aromatic carbocycles. The molecule has 12 bridgehead atoms. The number of hydrogen-bond acceptors (Lipinski definition) is 33. The van der Waals surface area contributed by atoms with Crippen LogP contribution in [0.5, 0.6) is 0 Å². The number of ether oxygens (including phenoxy) is 13. The van der Waals surface area contributed by atoms with Crippen LogP contribution in [0, 0.1) is 0 Å². The van der Waals surface area contributed by atoms with Crippen molar-refractivity contribution in [1.29, 1.82) is 0 Å². The van der Waals surface area contributed by atoms with E-state index in [4.69, 9.17) is 61.6 Å². The maximum Gasteiger partial charge on any atom is 0.187 e. The molecule has 73 heavy (non-hydrogen) atoms. The maximum absolute atomic E-state index is 11.8. The molecule has 0 aliphatic carbocycles. The molecule has 22 aliphatic heterocycles. The highest BCUT2D eigenvalue weighted by atomic mass is 16.8. The lowest BCUT2D eigenvalue weighted by atomic mass is 9.94. The Bertz CT molecular complexity index is 1670. The molecule has 0 radical (unpaired) electrons. The van der Waals surface area contributed by atoms with Crippen molar-refractivity contribution in [3.8, 4) is 0 Å². The van der Waals surface area contributed by atoms with Gasteiger partial charge in [0.05, 0.1) is 52.4 Å². The molecule has 33 heteroatoms. The van der Waals surface area contributed by atoms with Crippen molar-refractivity contribution >= 4 is 0 Å². The molecule has 20 N–H and O–H groups in total. The van der Waals surface area contributed by atoms with Gasteiger partial charge in [-0.25, -0.2) is 0 Å². The van der Waals surface area contributed by atoms with Gasteiger partial charge in [-0.15, -0.1) is 0 Å². The molecule has 22 heterocycles. The Labute approximate surface area is 412 Å². The van der Waals surface area contributed by atoms with Gasteiger partial charge >= 0.3 is 0 Å². The zero-order valence-electron chi connectivity index (χ0n) is 38.4. The lowest BCUT2D eigenvalue weighted by Gasteiger charge is -2.51. The smallest absolute Gasteiger partial charge is 0.187 e. The molecule has 426 valence electrons. The van der Waals surface area contributed by atoms with Crippen molar-refractivity contribution in [2.75, 3.05) is 46.2 Å². The Morgan fingerprint density at radius 3 is 0.740 bits per heavy atom. The molecule has 22 aliphatic rings. The van der Waals surface area contributed by atoms with Gasteiger partial charge in [-0.05, 0) is 0 Å². The van der Waals surface area contributed by atoms with Gasteiger partial charge in [-0.3, -0.25) is 0 Å². The van der Waals surface area contributed by atoms with E-state index < -0.39 is 249 Å². The summed E-state index contributed by atoms with van der Waals surface area (Å²) >= 11 is 0. The summed E-state index contributed by atoms with van der Waals surface area (Å²) < 4.78 is 74.4. The molecule has 22 saturated heterocycles. The quantitative estimate of drug-likeness (QED) is 0.0854. The lowest BCUT2D eigenvalue weighted by Crippen LogP contribution is -2.69. The molecule has 33 nitrogen and oxygen atoms in total. The molecule has 0 aromatic rings. The van der Waals surface area contributed by atoms with Crippen LogP contribution in [-0.4, -0.2) is 345 Å². The predicted octanol–water partition coefficient (Wildman–Crippen LogP) is -14.0. The fourth-order valence-corrected chi connectivity index (χ4v) is 9.61. The highest BCUT2D eigenvalue weighted by molar-refractivity contribution is 5.01. The Morgan fingerprint density at radius 1 is 0.288 bits per heavy atom. The monoisotopic (exact) mass is 1080 g/mol. The Morgan fingerprint density at radius 2 is 0.507 bits per heavy atom. The van der Waals surface area contributed by atoms with E-state index in [0.29, 0.717) is 0 Å². The molecule has 0 spiro atoms. The molecule has 0 amide bonds. The minimum absolute atomic E-state index is 0.717. The summed E-state index contributed by atoms with van der Waals surface area (Å²) in [4.78, 5) is 0. The minimum Gasteiger partial charge on any atom is -0.394 e. The molecule has 32 atom stereocenters. The van der Waals surface area contributed by atoms with Crippen LogP contribution < -0.4 is 0 Å². The molecule has 22 fully saturated rings. The van der Waals surface area contributed by atoms with Gasteiger partial charge in [0.1, 0.15) is 146 Å². The highest BCUT2D eigenvalue weighted by Gasteiger charge is 2.59. The van der Waals surface area contributed by atoms with E-state index in [1.807, 2.05) is 0 Å². The van der Waals surface area contributed by atoms with E-state index >= 15 is 0 Å². The van der Waals surface area contributed by atoms with Gasteiger partial charge in [-0.2, -0.15) is 0 Å². The summed E-state index contributed by atoms with van der Waals surface area (Å²) in [5.41, 5.74) is 0. The van der Waals surface area contributed by atoms with Crippen molar-refractivity contribution in [2.45, 2.75) is 203 Å². The third-order valence-corrected chi connectivity index (χ3v) is 13.6. The molecule has 2 unspecified atom stereocenters. The molecule has 0 aromatic heterocycles. The van der Waals surface area contributed by atoms with E-state index in [0.717, 1.165) is 0 Å². The number of aliphatic hydroxyl groups is 20. The Hall–Kier alpha value is -1.32. The summed E-state index contributed by atoms with van der Waals surface area (Å²) in [5.74, 6) is 0. The molecule has 0 saturated carbocycles. The van der Waals surface area contributed by atoms with Crippen LogP contribution in [-0.2, 0) is 61.6 Å². The first-order valence-electron chi connectivity index (χ1n) is 23.4. The number of rotatable bonds is 11. The van der Waals surface area contributed by atoms with E-state index in [2.05, 4.69) is 0 Å². The molecular formula is C40H68O33. The van der Waals surface area contributed by atoms with Crippen molar-refractivity contribution in [3.63, 3.8) is 0 Å². The standard InChI is InChI=1S/C40H68O33/c41-2-9(48)1-16(49)67-34-27(60)40-66-15(8-47)33(34)73-39-26(59)21(54)31(13(6-45)65-39)71-37-24(57)19(52)29(11(4-43)63-37)69-35-22(55)17(50)28(10(3-42)61-35)68-36-23(56)18(51)30(12(5-44)62-36)70-38-25(58)20(53)32(72-40)14(7-46)64-38/h9-60H,1-8H2/t9?,10-,11-,12-,13-,14-,15-,16?,17-,18-,19-,20-,21-,22-,23-,24-,25-,26-,27-,28-,29-,30-,31-,32-,33+,34-,35-,36-,37-,38-,39-,40-/m1/s1. The van der Waals surface area contributed by atoms with Crippen LogP contribution in [0.15, 0.2) is 0 Å². The van der Waals surface area contributed by atoms with Gasteiger partial charge in [0.15, 0.2) is 44.0 Å². The first kappa shape index (κ1) is 59.3. The third-order valence-electron chi connectivity index (χ3n) is 13.6. The lowest BCUT2D eigenvalue weighted by molar-refractivity contribution is -0.407. The summed E-state index contributed by atoms with van der Waals surface area (Å²) in [7, 11) is 0. The normalized spacial score (nSPS) is 52.1. The van der Waals surface area contributed by atoms with Gasteiger partial charge in [-0.1, -0.05) is 0 Å². The van der Waals surface area contributed by atoms with Crippen LogP contribution in [0.1, 0.15) is 6.42 Å². The van der Waals surface area contributed by atoms with Crippen LogP contribution in [0.4, 0.5) is 0 Å². The van der Waals surface area contributed by atoms with Crippen LogP contribution in [0.3, 0.4) is 0 Å². The van der Waals surface area contributed by atoms with E-state index in [1.165, 1.54) is 0 Å². The zero-order valence-corrected chi connectivity index (χ0v) is 38.4. The average molecular weight is 1080 g/mol. The SMILES string of the molecule is OCC(O)CC(O)O[C@@H]1[C@@H](O)[C@H]2O[C@H]3[C@H](O)[C@@H](O)[C@@H](O[C@H]4[C@H](O)[C@@H](O)[C@@H](O[C@H]5[C@H](O)[C@@H](O)[C@@H](O[C@H]6[C@H](O)[C@@H](O)[C@@H](O[C@H]7[C@H](O)[C@@H](O)[C@@H](O[C@H]1[C@@H](CO)O2)O[C@@H]7CO)O[C@@H]6CO)O[C@@H]5CO)O[C@@H]4CO)O[C@@H]3CO. The van der Waals surface area contributed by atoms with Gasteiger partial charge in [0.25, 0.3) is 0 Å². The number of hydrogen-bond donors (Lipinski definition) is 20. The second-order valence-corrected chi connectivity index (χ2v) is 18.5. The van der Waals surface area contributed by atoms with Crippen LogP contribution in [0.25, 0.3) is 0 Å². The van der Waals surface area contributed by atoms with Crippen molar-refractivity contribution in [3.05, 3.63) is 0 Å². The second kappa shape index (κ2) is 25.6. The Kier molecular flexibility index (Phi) is 20.8. The summed E-state index contributed by atoms with van der Waals surface area (Å²) in [6, 6.07) is 0. The topological polar surface area (TPSA) is 525 Å². The van der Waals surface area contributed by atoms with Crippen LogP contribution in [0.2, 0.25) is 0 Å². The van der Waals surface area contributed by atoms with Crippen molar-refractivity contribution < 1.29 is 164 Å². The first-order valence-corrected chi connectivity index (χ1v) is 23.4. The highest BCUT2D eigenvalue weighted by Crippen LogP contribution is 2.38. The van der Waals surface area contributed by atoms with E-state index in [1.54, 1.807) is 0 Å². The molecular weight excluding hydrogens is 1010 g/mol. The van der Waals surface area contributed by atoms with Gasteiger partial charge in [0, 0.05) is 6.42 Å². The zero-order chi connectivity index (χ0) is 53.3. The average Bonchev–Trinajstić information content (AvgIpc) is 3.38. The minimum atomic E-state index is -2.24. The summed E-state index contributed by atoms with van der Waals surface area (Å²) in [6.07, 6.45) is -64.6. The number of aliphatic hydroxyl groups excluding tert-OH is 20. The predicted molar refractivity (Wildman–Crippen MR) is 218 cm³/mol. The fourth-order valence-electron chi connectivity index (χ4n) is 9.61. The van der Waals surface area contributed by atoms with Crippen molar-refractivity contribution in [1.82, 2.24) is 0 Å². The van der Waals surface area contributed by atoms with Crippen molar-refractivity contribution in [2.24, 2.45) is 0 Å². The fraction of sp³-hybridized carbons (Fsp3) is 1.00. The Balaban J connectivity index is 1.23. The maximum atomic E-state index is 11.8. The van der Waals surface area contributed by atoms with Gasteiger partial charge < -0.3 is 164 Å². The summed E-state index contributed by atoms with van der Waals surface area (Å²) in [6.45, 7) is -7.16. The van der Waals surface area contributed by atoms with E-state index in [-0.39, 0.29) is 0 Å². The second-order valence-electron chi connectivity index (χ2n) is 18.5. The van der Waals surface area contributed by atoms with Gasteiger partial charge in [0.2, 0.25) is 0 Å². The van der Waals surface area contributed by atoms with Crippen LogP contribution >= 0.6 is 0 Å². The molecule has 22 rings (SSSR count).